The summed E-state index contributed by atoms with van der Waals surface area (Å²) in [6.45, 7) is 0.973. The maximum atomic E-state index is 11.9. The molecule has 0 spiro atoms. The average Bonchev–Trinajstić information content (AvgIpc) is 2.45. The summed E-state index contributed by atoms with van der Waals surface area (Å²) in [4.78, 5) is 11.9. The van der Waals surface area contributed by atoms with Gasteiger partial charge < -0.3 is 11.1 Å². The maximum Gasteiger partial charge on any atom is 0.251 e. The van der Waals surface area contributed by atoms with Gasteiger partial charge in [-0.15, -0.1) is 0 Å². The van der Waals surface area contributed by atoms with Crippen LogP contribution in [0.4, 0.5) is 0 Å². The number of carbonyl (C=O) groups is 1. The molecule has 1 rings (SSSR count). The highest BCUT2D eigenvalue weighted by Gasteiger charge is 2.07. The van der Waals surface area contributed by atoms with Gasteiger partial charge in [0.1, 0.15) is 0 Å². The topological polar surface area (TPSA) is 55.1 Å². The highest BCUT2D eigenvalue weighted by atomic mass is 35.5. The van der Waals surface area contributed by atoms with E-state index in [0.717, 1.165) is 18.6 Å². The maximum absolute atomic E-state index is 11.9. The number of benzene rings is 1. The number of thioether (sulfide) groups is 1. The van der Waals surface area contributed by atoms with Crippen LogP contribution in [-0.4, -0.2) is 31.0 Å². The van der Waals surface area contributed by atoms with Crippen molar-refractivity contribution >= 4 is 29.3 Å². The van der Waals surface area contributed by atoms with Crippen molar-refractivity contribution in [2.45, 2.75) is 12.8 Å². The Morgan fingerprint density at radius 3 is 2.90 bits per heavy atom. The van der Waals surface area contributed by atoms with E-state index >= 15 is 0 Å². The lowest BCUT2D eigenvalue weighted by molar-refractivity contribution is 0.0953. The fourth-order valence-electron chi connectivity index (χ4n) is 1.58. The van der Waals surface area contributed by atoms with Crippen LogP contribution in [0.5, 0.6) is 0 Å². The SMILES string of the molecule is CSCCCCNC(=O)c1ccc(C#CCN)c(Cl)c1. The van der Waals surface area contributed by atoms with Crippen molar-refractivity contribution in [2.24, 2.45) is 5.73 Å². The lowest BCUT2D eigenvalue weighted by atomic mass is 10.1. The van der Waals surface area contributed by atoms with Crippen molar-refractivity contribution in [3.63, 3.8) is 0 Å². The third-order valence-electron chi connectivity index (χ3n) is 2.62. The van der Waals surface area contributed by atoms with E-state index in [1.54, 1.807) is 18.2 Å². The minimum Gasteiger partial charge on any atom is -0.352 e. The molecule has 3 nitrogen and oxygen atoms in total. The molecule has 0 radical (unpaired) electrons. The fraction of sp³-hybridized carbons (Fsp3) is 0.400. The molecule has 20 heavy (non-hydrogen) atoms. The minimum absolute atomic E-state index is 0.102. The molecule has 0 saturated heterocycles. The van der Waals surface area contributed by atoms with Gasteiger partial charge in [-0.05, 0) is 43.0 Å². The summed E-state index contributed by atoms with van der Waals surface area (Å²) in [6, 6.07) is 5.11. The molecule has 108 valence electrons. The van der Waals surface area contributed by atoms with Crippen LogP contribution in [0.3, 0.4) is 0 Å². The van der Waals surface area contributed by atoms with E-state index in [0.29, 0.717) is 22.7 Å². The number of nitrogens with one attached hydrogen (secondary N) is 1. The van der Waals surface area contributed by atoms with Crippen molar-refractivity contribution in [2.75, 3.05) is 25.1 Å². The number of nitrogens with two attached hydrogens (primary N) is 1. The Morgan fingerprint density at radius 2 is 2.25 bits per heavy atom. The summed E-state index contributed by atoms with van der Waals surface area (Å²) in [5.41, 5.74) is 6.55. The van der Waals surface area contributed by atoms with Crippen molar-refractivity contribution in [3.05, 3.63) is 34.3 Å². The molecule has 0 heterocycles. The minimum atomic E-state index is -0.102. The summed E-state index contributed by atoms with van der Waals surface area (Å²) in [5.74, 6) is 6.62. The summed E-state index contributed by atoms with van der Waals surface area (Å²) in [5, 5.41) is 3.36. The van der Waals surface area contributed by atoms with Crippen molar-refractivity contribution in [3.8, 4) is 11.8 Å². The molecular weight excluding hydrogens is 292 g/mol. The quantitative estimate of drug-likeness (QED) is 0.627. The predicted octanol–water partition coefficient (Wildman–Crippen LogP) is 2.52. The standard InChI is InChI=1S/C15H19ClN2OS/c1-20-10-3-2-9-18-15(19)13-7-6-12(5-4-8-17)14(16)11-13/h6-7,11H,2-3,8-10,17H2,1H3,(H,18,19). The van der Waals surface area contributed by atoms with E-state index in [1.165, 1.54) is 0 Å². The normalized spacial score (nSPS) is 9.75. The Bertz CT molecular complexity index is 508. The smallest absolute Gasteiger partial charge is 0.251 e. The molecular formula is C15H19ClN2OS. The summed E-state index contributed by atoms with van der Waals surface area (Å²) in [6.07, 6.45) is 4.17. The van der Waals surface area contributed by atoms with E-state index < -0.39 is 0 Å². The third-order valence-corrected chi connectivity index (χ3v) is 3.63. The van der Waals surface area contributed by atoms with Crippen LogP contribution < -0.4 is 11.1 Å². The Labute approximate surface area is 129 Å². The number of halogens is 1. The monoisotopic (exact) mass is 310 g/mol. The van der Waals surface area contributed by atoms with E-state index in [4.69, 9.17) is 17.3 Å². The lowest BCUT2D eigenvalue weighted by Crippen LogP contribution is -2.24. The van der Waals surface area contributed by atoms with Crippen LogP contribution in [0.2, 0.25) is 5.02 Å². The molecule has 0 aliphatic rings. The Kier molecular flexibility index (Phi) is 8.20. The van der Waals surface area contributed by atoms with Gasteiger partial charge in [-0.3, -0.25) is 4.79 Å². The second-order valence-electron chi connectivity index (χ2n) is 4.16. The largest absolute Gasteiger partial charge is 0.352 e. The lowest BCUT2D eigenvalue weighted by Gasteiger charge is -2.06. The first-order chi connectivity index (χ1) is 9.69. The summed E-state index contributed by atoms with van der Waals surface area (Å²) in [7, 11) is 0. The van der Waals surface area contributed by atoms with Gasteiger partial charge in [0.2, 0.25) is 0 Å². The van der Waals surface area contributed by atoms with Crippen LogP contribution in [0, 0.1) is 11.8 Å². The molecule has 0 saturated carbocycles. The Hall–Kier alpha value is -1.15. The van der Waals surface area contributed by atoms with E-state index in [1.807, 2.05) is 11.8 Å². The molecule has 1 amide bonds. The first kappa shape index (κ1) is 16.9. The van der Waals surface area contributed by atoms with Crippen LogP contribution in [0.25, 0.3) is 0 Å². The highest BCUT2D eigenvalue weighted by Crippen LogP contribution is 2.17. The molecule has 0 fully saturated rings. The zero-order valence-corrected chi connectivity index (χ0v) is 13.1. The Morgan fingerprint density at radius 1 is 1.45 bits per heavy atom. The molecule has 0 unspecified atom stereocenters. The zero-order valence-electron chi connectivity index (χ0n) is 11.5. The van der Waals surface area contributed by atoms with Gasteiger partial charge in [0.15, 0.2) is 0 Å². The van der Waals surface area contributed by atoms with Gasteiger partial charge in [-0.1, -0.05) is 23.4 Å². The van der Waals surface area contributed by atoms with Crippen LogP contribution in [-0.2, 0) is 0 Å². The first-order valence-electron chi connectivity index (χ1n) is 6.44. The van der Waals surface area contributed by atoms with Crippen molar-refractivity contribution in [1.29, 1.82) is 0 Å². The van der Waals surface area contributed by atoms with Gasteiger partial charge in [-0.2, -0.15) is 11.8 Å². The second kappa shape index (κ2) is 9.71. The summed E-state index contributed by atoms with van der Waals surface area (Å²) < 4.78 is 0. The van der Waals surface area contributed by atoms with Gasteiger partial charge in [0.25, 0.3) is 5.91 Å². The van der Waals surface area contributed by atoms with Crippen LogP contribution >= 0.6 is 23.4 Å². The molecule has 0 atom stereocenters. The van der Waals surface area contributed by atoms with Gasteiger partial charge in [0.05, 0.1) is 11.6 Å². The zero-order chi connectivity index (χ0) is 14.8. The number of hydrogen-bond donors (Lipinski definition) is 2. The third kappa shape index (κ3) is 5.87. The molecule has 0 aliphatic carbocycles. The number of carbonyl (C=O) groups excluding carboxylic acids is 1. The summed E-state index contributed by atoms with van der Waals surface area (Å²) >= 11 is 7.90. The predicted molar refractivity (Wildman–Crippen MR) is 87.3 cm³/mol. The molecule has 0 bridgehead atoms. The second-order valence-corrected chi connectivity index (χ2v) is 5.55. The molecule has 0 aliphatic heterocycles. The van der Waals surface area contributed by atoms with Crippen LogP contribution in [0.1, 0.15) is 28.8 Å². The number of rotatable bonds is 6. The average molecular weight is 311 g/mol. The highest BCUT2D eigenvalue weighted by molar-refractivity contribution is 7.98. The van der Waals surface area contributed by atoms with Crippen LogP contribution in [0.15, 0.2) is 18.2 Å². The van der Waals surface area contributed by atoms with Crippen molar-refractivity contribution in [1.82, 2.24) is 5.32 Å². The van der Waals surface area contributed by atoms with E-state index in [-0.39, 0.29) is 12.5 Å². The molecule has 1 aromatic carbocycles. The Balaban J connectivity index is 2.54. The van der Waals surface area contributed by atoms with Gasteiger partial charge >= 0.3 is 0 Å². The van der Waals surface area contributed by atoms with Crippen molar-refractivity contribution < 1.29 is 4.79 Å². The van der Waals surface area contributed by atoms with Gasteiger partial charge in [-0.25, -0.2) is 0 Å². The number of amides is 1. The molecule has 1 aromatic rings. The first-order valence-corrected chi connectivity index (χ1v) is 8.22. The molecule has 3 N–H and O–H groups in total. The van der Waals surface area contributed by atoms with Gasteiger partial charge in [0, 0.05) is 17.7 Å². The number of hydrogen-bond acceptors (Lipinski definition) is 3. The van der Waals surface area contributed by atoms with E-state index in [2.05, 4.69) is 23.4 Å². The molecule has 5 heteroatoms. The van der Waals surface area contributed by atoms with E-state index in [9.17, 15) is 4.79 Å². The fourth-order valence-corrected chi connectivity index (χ4v) is 2.30. The molecule has 0 aromatic heterocycles. The number of unbranched alkanes of at least 4 members (excludes halogenated alkanes) is 1.